The molecule has 11 heteroatoms. The third kappa shape index (κ3) is 4.64. The topological polar surface area (TPSA) is 123 Å². The summed E-state index contributed by atoms with van der Waals surface area (Å²) in [6.07, 6.45) is 3.02. The predicted octanol–water partition coefficient (Wildman–Crippen LogP) is 0.480. The number of hydrogen-bond acceptors (Lipinski definition) is 9. The molecular weight excluding hydrogens is 380 g/mol. The lowest BCUT2D eigenvalue weighted by atomic mass is 10.0. The molecule has 1 aromatic carbocycles. The van der Waals surface area contributed by atoms with E-state index in [0.29, 0.717) is 17.9 Å². The molecule has 3 heterocycles. The van der Waals surface area contributed by atoms with Crippen LogP contribution in [0.1, 0.15) is 18.4 Å². The second-order valence-corrected chi connectivity index (χ2v) is 7.44. The molecule has 1 fully saturated rings. The normalized spacial score (nSPS) is 17.5. The number of benzene rings is 1. The summed E-state index contributed by atoms with van der Waals surface area (Å²) in [5, 5.41) is 11.9. The number of hydrogen-bond donors (Lipinski definition) is 5. The van der Waals surface area contributed by atoms with Crippen LogP contribution in [0.15, 0.2) is 29.4 Å². The second-order valence-electron chi connectivity index (χ2n) is 7.01. The van der Waals surface area contributed by atoms with Crippen LogP contribution in [0.25, 0.3) is 0 Å². The van der Waals surface area contributed by atoms with Crippen LogP contribution >= 0.6 is 11.6 Å². The molecule has 1 aromatic heterocycles. The number of H-pyrrole nitrogens is 1. The number of aromatic nitrogens is 3. The number of rotatable bonds is 7. The number of piperidine rings is 1. The summed E-state index contributed by atoms with van der Waals surface area (Å²) >= 11 is 6.00. The Hall–Kier alpha value is -2.56. The van der Waals surface area contributed by atoms with Gasteiger partial charge in [0.2, 0.25) is 11.9 Å². The molecule has 0 atom stereocenters. The van der Waals surface area contributed by atoms with Crippen molar-refractivity contribution in [2.24, 2.45) is 5.10 Å². The van der Waals surface area contributed by atoms with Crippen LogP contribution < -0.4 is 27.1 Å². The standard InChI is InChI=1S/C17H25ClN10/c18-13-3-1-12(2-4-13)5-8-28(11-15-21-25-26-22-15)14-6-9-27(10-7-14)17-20-16(19)23-24-17/h1-4,14,25-26H,5-11H2,(H,21,22)(H3,19,20,23,24). The van der Waals surface area contributed by atoms with Crippen LogP contribution in [0.5, 0.6) is 0 Å². The van der Waals surface area contributed by atoms with Gasteiger partial charge in [0.15, 0.2) is 5.84 Å². The third-order valence-corrected chi connectivity index (χ3v) is 5.41. The summed E-state index contributed by atoms with van der Waals surface area (Å²) in [6.45, 7) is 3.50. The largest absolute Gasteiger partial charge is 0.368 e. The molecule has 1 saturated heterocycles. The minimum absolute atomic E-state index is 0.354. The minimum Gasteiger partial charge on any atom is -0.368 e. The summed E-state index contributed by atoms with van der Waals surface area (Å²) in [5.74, 6) is 1.92. The summed E-state index contributed by atoms with van der Waals surface area (Å²) < 4.78 is 0. The van der Waals surface area contributed by atoms with Gasteiger partial charge in [-0.3, -0.25) is 10.3 Å². The highest BCUT2D eigenvalue weighted by atomic mass is 35.5. The Morgan fingerprint density at radius 3 is 2.64 bits per heavy atom. The average molecular weight is 405 g/mol. The molecule has 2 aromatic rings. The van der Waals surface area contributed by atoms with Crippen molar-refractivity contribution in [1.29, 1.82) is 0 Å². The lowest BCUT2D eigenvalue weighted by Gasteiger charge is -2.38. The van der Waals surface area contributed by atoms with E-state index in [-0.39, 0.29) is 0 Å². The van der Waals surface area contributed by atoms with Crippen molar-refractivity contribution in [2.45, 2.75) is 25.3 Å². The Kier molecular flexibility index (Phi) is 5.79. The fourth-order valence-corrected chi connectivity index (χ4v) is 3.77. The van der Waals surface area contributed by atoms with Crippen molar-refractivity contribution in [2.75, 3.05) is 36.8 Å². The molecule has 0 unspecified atom stereocenters. The highest BCUT2D eigenvalue weighted by molar-refractivity contribution is 6.30. The zero-order valence-electron chi connectivity index (χ0n) is 15.5. The van der Waals surface area contributed by atoms with Gasteiger partial charge in [-0.2, -0.15) is 4.98 Å². The number of hydrazone groups is 1. The molecule has 150 valence electrons. The average Bonchev–Trinajstić information content (AvgIpc) is 3.38. The van der Waals surface area contributed by atoms with Gasteiger partial charge in [-0.25, -0.2) is 10.6 Å². The fourth-order valence-electron chi connectivity index (χ4n) is 3.64. The van der Waals surface area contributed by atoms with Crippen LogP contribution in [0.3, 0.4) is 0 Å². The first-order chi connectivity index (χ1) is 13.7. The second kappa shape index (κ2) is 8.63. The van der Waals surface area contributed by atoms with Crippen molar-refractivity contribution in [1.82, 2.24) is 36.6 Å². The molecule has 2 aliphatic heterocycles. The van der Waals surface area contributed by atoms with E-state index < -0.39 is 0 Å². The van der Waals surface area contributed by atoms with Gasteiger partial charge < -0.3 is 10.6 Å². The van der Waals surface area contributed by atoms with Gasteiger partial charge in [0.05, 0.1) is 6.54 Å². The molecule has 2 aliphatic rings. The van der Waals surface area contributed by atoms with Crippen molar-refractivity contribution in [3.63, 3.8) is 0 Å². The van der Waals surface area contributed by atoms with Crippen LogP contribution in [0.2, 0.25) is 5.02 Å². The molecule has 0 radical (unpaired) electrons. The van der Waals surface area contributed by atoms with Crippen molar-refractivity contribution >= 4 is 29.3 Å². The van der Waals surface area contributed by atoms with Crippen LogP contribution in [0.4, 0.5) is 11.9 Å². The molecule has 0 saturated carbocycles. The van der Waals surface area contributed by atoms with Gasteiger partial charge in [0.25, 0.3) is 0 Å². The maximum Gasteiger partial charge on any atom is 0.246 e. The van der Waals surface area contributed by atoms with Gasteiger partial charge >= 0.3 is 0 Å². The van der Waals surface area contributed by atoms with Crippen LogP contribution in [-0.4, -0.2) is 58.1 Å². The number of halogens is 1. The number of amidine groups is 1. The number of nitrogens with two attached hydrogens (primary N) is 1. The van der Waals surface area contributed by atoms with E-state index in [4.69, 9.17) is 17.3 Å². The van der Waals surface area contributed by atoms with Crippen molar-refractivity contribution < 1.29 is 0 Å². The first-order valence-corrected chi connectivity index (χ1v) is 9.79. The number of nitrogen functional groups attached to an aromatic ring is 1. The highest BCUT2D eigenvalue weighted by Gasteiger charge is 2.27. The lowest BCUT2D eigenvalue weighted by Crippen LogP contribution is -2.49. The Morgan fingerprint density at radius 1 is 1.21 bits per heavy atom. The van der Waals surface area contributed by atoms with Crippen molar-refractivity contribution in [3.05, 3.63) is 34.9 Å². The Balaban J connectivity index is 1.37. The monoisotopic (exact) mass is 404 g/mol. The summed E-state index contributed by atoms with van der Waals surface area (Å²) in [4.78, 5) is 8.90. The summed E-state index contributed by atoms with van der Waals surface area (Å²) in [5.41, 5.74) is 15.5. The molecule has 6 N–H and O–H groups in total. The summed E-state index contributed by atoms with van der Waals surface area (Å²) in [6, 6.07) is 8.53. The zero-order chi connectivity index (χ0) is 19.3. The van der Waals surface area contributed by atoms with Gasteiger partial charge in [-0.05, 0) is 37.0 Å². The summed E-state index contributed by atoms with van der Waals surface area (Å²) in [7, 11) is 0. The van der Waals surface area contributed by atoms with E-state index in [1.165, 1.54) is 5.56 Å². The Morgan fingerprint density at radius 2 is 2.00 bits per heavy atom. The lowest BCUT2D eigenvalue weighted by molar-refractivity contribution is 0.193. The van der Waals surface area contributed by atoms with Crippen LogP contribution in [0, 0.1) is 0 Å². The maximum atomic E-state index is 6.00. The van der Waals surface area contributed by atoms with E-state index in [1.54, 1.807) is 0 Å². The Bertz CT molecular complexity index is 797. The quantitative estimate of drug-likeness (QED) is 0.451. The van der Waals surface area contributed by atoms with E-state index >= 15 is 0 Å². The van der Waals surface area contributed by atoms with E-state index in [2.05, 4.69) is 58.7 Å². The first kappa shape index (κ1) is 18.8. The molecule has 0 spiro atoms. The van der Waals surface area contributed by atoms with Crippen LogP contribution in [-0.2, 0) is 6.42 Å². The number of nitrogens with one attached hydrogen (secondary N) is 4. The molecule has 28 heavy (non-hydrogen) atoms. The number of hydrazine groups is 2. The minimum atomic E-state index is 0.354. The molecule has 10 nitrogen and oxygen atoms in total. The van der Waals surface area contributed by atoms with Crippen molar-refractivity contribution in [3.8, 4) is 0 Å². The predicted molar refractivity (Wildman–Crippen MR) is 110 cm³/mol. The zero-order valence-corrected chi connectivity index (χ0v) is 16.3. The number of nitrogens with zero attached hydrogens (tertiary/aromatic N) is 5. The fraction of sp³-hybridized carbons (Fsp3) is 0.471. The molecule has 0 amide bonds. The van der Waals surface area contributed by atoms with Gasteiger partial charge in [0.1, 0.15) is 0 Å². The molecule has 0 bridgehead atoms. The molecular formula is C17H25ClN10. The smallest absolute Gasteiger partial charge is 0.246 e. The van der Waals surface area contributed by atoms with Gasteiger partial charge in [0, 0.05) is 30.7 Å². The molecule has 0 aliphatic carbocycles. The first-order valence-electron chi connectivity index (χ1n) is 9.41. The Labute approximate surface area is 168 Å². The number of aromatic amines is 1. The third-order valence-electron chi connectivity index (χ3n) is 5.16. The number of anilines is 2. The van der Waals surface area contributed by atoms with E-state index in [9.17, 15) is 0 Å². The molecule has 4 rings (SSSR count). The van der Waals surface area contributed by atoms with E-state index in [1.807, 2.05) is 12.1 Å². The SMILES string of the molecule is Nc1nc(N2CCC(N(CCc3ccc(Cl)cc3)CC3=NNNN3)CC2)n[nH]1. The maximum absolute atomic E-state index is 6.00. The highest BCUT2D eigenvalue weighted by Crippen LogP contribution is 2.21. The van der Waals surface area contributed by atoms with Gasteiger partial charge in [-0.15, -0.1) is 15.7 Å². The van der Waals surface area contributed by atoms with Gasteiger partial charge in [-0.1, -0.05) is 23.7 Å². The van der Waals surface area contributed by atoms with E-state index in [0.717, 1.165) is 56.3 Å².